The summed E-state index contributed by atoms with van der Waals surface area (Å²) in [5.41, 5.74) is 0. The van der Waals surface area contributed by atoms with Crippen LogP contribution in [0.25, 0.3) is 0 Å². The number of allylic oxidation sites excluding steroid dienone is 8. The Morgan fingerprint density at radius 3 is 1.27 bits per heavy atom. The summed E-state index contributed by atoms with van der Waals surface area (Å²) in [6, 6.07) is 0. The van der Waals surface area contributed by atoms with Crippen molar-refractivity contribution < 1.29 is 42.1 Å². The molecule has 0 amide bonds. The zero-order chi connectivity index (χ0) is 49.2. The molecule has 0 rings (SSSR count). The minimum absolute atomic E-state index is 0.0304. The third kappa shape index (κ3) is 53.2. The summed E-state index contributed by atoms with van der Waals surface area (Å²) in [5, 5.41) is 0. The van der Waals surface area contributed by atoms with Crippen LogP contribution in [0.4, 0.5) is 0 Å². The van der Waals surface area contributed by atoms with Crippen molar-refractivity contribution in [3.63, 3.8) is 0 Å². The van der Waals surface area contributed by atoms with Gasteiger partial charge in [-0.2, -0.15) is 0 Å². The SMILES string of the molecule is CC/C=C\C/C=C\C/C=C\C/C=C\CCCCCCCCCCCCCCC(=O)OC(COC(=O)CCCCCCCCCCCCCCCCCCCC)COP(=O)([O-])OCC[N+](C)(C)C. The van der Waals surface area contributed by atoms with E-state index in [0.717, 1.165) is 64.2 Å². The van der Waals surface area contributed by atoms with Crippen LogP contribution < -0.4 is 4.89 Å². The molecule has 0 aromatic rings. The zero-order valence-electron chi connectivity index (χ0n) is 44.3. The van der Waals surface area contributed by atoms with Gasteiger partial charge in [-0.1, -0.05) is 236 Å². The largest absolute Gasteiger partial charge is 0.756 e. The van der Waals surface area contributed by atoms with Crippen LogP contribution in [0.1, 0.15) is 251 Å². The lowest BCUT2D eigenvalue weighted by atomic mass is 10.0. The zero-order valence-corrected chi connectivity index (χ0v) is 45.2. The normalized spacial score (nSPS) is 13.7. The number of hydrogen-bond donors (Lipinski definition) is 0. The molecule has 0 bridgehead atoms. The smallest absolute Gasteiger partial charge is 0.306 e. The maximum Gasteiger partial charge on any atom is 0.306 e. The number of unbranched alkanes of at least 4 members (excludes halogenated alkanes) is 29. The van der Waals surface area contributed by atoms with Crippen LogP contribution in [0.5, 0.6) is 0 Å². The van der Waals surface area contributed by atoms with Gasteiger partial charge in [-0.25, -0.2) is 0 Å². The van der Waals surface area contributed by atoms with E-state index < -0.39 is 26.5 Å². The Kier molecular flexibility index (Phi) is 47.5. The topological polar surface area (TPSA) is 111 Å². The average Bonchev–Trinajstić information content (AvgIpc) is 3.29. The quantitative estimate of drug-likeness (QED) is 0.0195. The first-order valence-corrected chi connectivity index (χ1v) is 29.3. The predicted molar refractivity (Wildman–Crippen MR) is 282 cm³/mol. The third-order valence-corrected chi connectivity index (χ3v) is 13.1. The van der Waals surface area contributed by atoms with Crippen molar-refractivity contribution >= 4 is 19.8 Å². The summed E-state index contributed by atoms with van der Waals surface area (Å²) < 4.78 is 34.1. The Hall–Kier alpha value is -2.03. The second kappa shape index (κ2) is 49.0. The van der Waals surface area contributed by atoms with Crippen LogP contribution in [0.15, 0.2) is 48.6 Å². The number of esters is 2. The number of likely N-dealkylation sites (N-methyl/N-ethyl adjacent to an activating group) is 1. The molecule has 0 spiro atoms. The predicted octanol–water partition coefficient (Wildman–Crippen LogP) is 16.3. The fourth-order valence-electron chi connectivity index (χ4n) is 7.83. The fraction of sp³-hybridized carbons (Fsp3) is 0.825. The van der Waals surface area contributed by atoms with Crippen molar-refractivity contribution in [3.8, 4) is 0 Å². The van der Waals surface area contributed by atoms with Gasteiger partial charge in [-0.3, -0.25) is 14.2 Å². The van der Waals surface area contributed by atoms with Crippen LogP contribution in [-0.4, -0.2) is 70.0 Å². The van der Waals surface area contributed by atoms with E-state index in [9.17, 15) is 19.0 Å². The van der Waals surface area contributed by atoms with Gasteiger partial charge in [0, 0.05) is 12.8 Å². The standard InChI is InChI=1S/C57H106NO8P/c1-6-8-10-12-14-16-18-20-22-24-26-27-28-29-30-31-32-34-36-38-40-42-44-46-48-50-57(60)66-55(54-65-67(61,62)64-52-51-58(3,4)5)53-63-56(59)49-47-45-43-41-39-37-35-33-25-23-21-19-17-15-13-11-9-7-2/h8,10,14,16,20,22,26-27,55H,6-7,9,11-13,15,17-19,21,23-25,28-54H2,1-5H3/b10-8-,16-14-,22-20-,27-26-. The van der Waals surface area contributed by atoms with Crippen LogP contribution in [0.2, 0.25) is 0 Å². The number of rotatable bonds is 51. The fourth-order valence-corrected chi connectivity index (χ4v) is 8.55. The Balaban J connectivity index is 4.17. The van der Waals surface area contributed by atoms with Crippen molar-refractivity contribution in [1.29, 1.82) is 0 Å². The molecule has 0 saturated carbocycles. The molecule has 0 aliphatic rings. The highest BCUT2D eigenvalue weighted by Gasteiger charge is 2.21. The van der Waals surface area contributed by atoms with Gasteiger partial charge in [0.05, 0.1) is 27.7 Å². The lowest BCUT2D eigenvalue weighted by Gasteiger charge is -2.28. The van der Waals surface area contributed by atoms with Gasteiger partial charge >= 0.3 is 11.9 Å². The lowest BCUT2D eigenvalue weighted by Crippen LogP contribution is -2.37. The van der Waals surface area contributed by atoms with E-state index in [0.29, 0.717) is 17.4 Å². The van der Waals surface area contributed by atoms with Crippen molar-refractivity contribution in [2.24, 2.45) is 0 Å². The summed E-state index contributed by atoms with van der Waals surface area (Å²) in [7, 11) is 1.17. The first kappa shape index (κ1) is 65.0. The van der Waals surface area contributed by atoms with E-state index in [1.165, 1.54) is 154 Å². The molecule has 2 atom stereocenters. The molecular weight excluding hydrogens is 858 g/mol. The number of phosphoric ester groups is 1. The maximum atomic E-state index is 12.8. The van der Waals surface area contributed by atoms with Gasteiger partial charge in [0.15, 0.2) is 6.10 Å². The van der Waals surface area contributed by atoms with Crippen molar-refractivity contribution in [3.05, 3.63) is 48.6 Å². The Labute approximate surface area is 414 Å². The molecule has 9 nitrogen and oxygen atoms in total. The molecule has 0 aromatic heterocycles. The number of carbonyl (C=O) groups is 2. The summed E-state index contributed by atoms with van der Waals surface area (Å²) in [4.78, 5) is 37.8. The van der Waals surface area contributed by atoms with Crippen LogP contribution in [0.3, 0.4) is 0 Å². The van der Waals surface area contributed by atoms with Gasteiger partial charge < -0.3 is 27.9 Å². The minimum Gasteiger partial charge on any atom is -0.756 e. The van der Waals surface area contributed by atoms with Crippen molar-refractivity contribution in [2.45, 2.75) is 258 Å². The number of carbonyl (C=O) groups excluding carboxylic acids is 2. The maximum absolute atomic E-state index is 12.8. The second-order valence-corrected chi connectivity index (χ2v) is 21.3. The highest BCUT2D eigenvalue weighted by molar-refractivity contribution is 7.45. The molecule has 0 aromatic carbocycles. The van der Waals surface area contributed by atoms with Gasteiger partial charge in [-0.15, -0.1) is 0 Å². The Bertz CT molecular complexity index is 1270. The molecule has 0 saturated heterocycles. The third-order valence-electron chi connectivity index (χ3n) is 12.1. The van der Waals surface area contributed by atoms with Crippen LogP contribution in [0, 0.1) is 0 Å². The highest BCUT2D eigenvalue weighted by Crippen LogP contribution is 2.38. The van der Waals surface area contributed by atoms with Gasteiger partial charge in [0.2, 0.25) is 0 Å². The first-order valence-electron chi connectivity index (χ1n) is 27.8. The molecule has 0 aliphatic carbocycles. The van der Waals surface area contributed by atoms with E-state index in [2.05, 4.69) is 62.5 Å². The van der Waals surface area contributed by atoms with E-state index in [1.807, 2.05) is 21.1 Å². The molecule has 0 aliphatic heterocycles. The molecule has 2 unspecified atom stereocenters. The molecule has 10 heteroatoms. The molecule has 67 heavy (non-hydrogen) atoms. The second-order valence-electron chi connectivity index (χ2n) is 19.9. The van der Waals surface area contributed by atoms with Crippen LogP contribution >= 0.6 is 7.82 Å². The summed E-state index contributed by atoms with van der Waals surface area (Å²) >= 11 is 0. The van der Waals surface area contributed by atoms with E-state index in [-0.39, 0.29) is 32.0 Å². The van der Waals surface area contributed by atoms with E-state index in [4.69, 9.17) is 18.5 Å². The number of nitrogens with zero attached hydrogens (tertiary/aromatic N) is 1. The van der Waals surface area contributed by atoms with Gasteiger partial charge in [-0.05, 0) is 51.4 Å². The van der Waals surface area contributed by atoms with Crippen LogP contribution in [-0.2, 0) is 32.7 Å². The Morgan fingerprint density at radius 2 is 0.851 bits per heavy atom. The van der Waals surface area contributed by atoms with Crippen molar-refractivity contribution in [2.75, 3.05) is 47.5 Å². The number of phosphoric acid groups is 1. The van der Waals surface area contributed by atoms with Gasteiger partial charge in [0.25, 0.3) is 7.82 Å². The molecule has 392 valence electrons. The highest BCUT2D eigenvalue weighted by atomic mass is 31.2. The van der Waals surface area contributed by atoms with Crippen molar-refractivity contribution in [1.82, 2.24) is 0 Å². The number of ether oxygens (including phenoxy) is 2. The summed E-state index contributed by atoms with van der Waals surface area (Å²) in [6.07, 6.45) is 60.0. The first-order chi connectivity index (χ1) is 32.5. The number of hydrogen-bond acceptors (Lipinski definition) is 8. The molecule has 0 fully saturated rings. The van der Waals surface area contributed by atoms with Gasteiger partial charge in [0.1, 0.15) is 19.8 Å². The average molecular weight is 964 g/mol. The molecular formula is C57H106NO8P. The lowest BCUT2D eigenvalue weighted by molar-refractivity contribution is -0.870. The summed E-state index contributed by atoms with van der Waals surface area (Å²) in [5.74, 6) is -0.825. The summed E-state index contributed by atoms with van der Waals surface area (Å²) in [6.45, 7) is 4.16. The van der Waals surface area contributed by atoms with E-state index >= 15 is 0 Å². The Morgan fingerprint density at radius 1 is 0.478 bits per heavy atom. The minimum atomic E-state index is -4.63. The molecule has 0 N–H and O–H groups in total. The monoisotopic (exact) mass is 964 g/mol. The number of quaternary nitrogens is 1. The molecule has 0 heterocycles. The van der Waals surface area contributed by atoms with E-state index in [1.54, 1.807) is 0 Å². The molecule has 0 radical (unpaired) electrons.